The number of carboxylic acids is 2. The molecule has 0 bridgehead atoms. The molecule has 0 spiro atoms. The first-order valence-electron chi connectivity index (χ1n) is 33.6. The largest absolute Gasteiger partial charge is 1.00 e. The van der Waals surface area contributed by atoms with Crippen molar-refractivity contribution >= 4 is 118 Å². The average Bonchev–Trinajstić information content (AvgIpc) is 0.800. The van der Waals surface area contributed by atoms with E-state index in [0.717, 1.165) is 16.7 Å². The molecule has 0 aliphatic carbocycles. The van der Waals surface area contributed by atoms with Gasteiger partial charge < -0.3 is 34.0 Å². The SMILES string of the molecule is C=C(C(=O)O)c1ccccc1.C=C(C(=O)OC)c1ccccc1.C=C(C(=O)[O-])c1ccccc1.CCOC(=O)/C(=C\c1ccc(/C=C(\C(=O)OCC)S(=O)(=O)c2ccccc2)cc1)S(=O)(=O)c1ccccc1.CCOC(=O)/C(=C\c1ccccc1)S(=O)c1ccccc1.N#C/C(=C\c1ccccc1)S(=O)c1ccccc1.[Na+]. The van der Waals surface area contributed by atoms with Crippen molar-refractivity contribution in [3.63, 3.8) is 0 Å². The number of carbonyl (C=O) groups excluding carboxylic acids is 5. The maximum absolute atomic E-state index is 13.2. The van der Waals surface area contributed by atoms with Crippen LogP contribution in [0.15, 0.2) is 356 Å². The van der Waals surface area contributed by atoms with Crippen molar-refractivity contribution in [3.05, 3.63) is 376 Å². The summed E-state index contributed by atoms with van der Waals surface area (Å²) in [7, 11) is -10.0. The van der Waals surface area contributed by atoms with E-state index in [1.165, 1.54) is 67.8 Å². The van der Waals surface area contributed by atoms with E-state index < -0.39 is 80.9 Å². The standard InChI is InChI=1S/C28H26O8S2.C17H16O3S.C15H11NOS.C10H10O2.2C9H8O2.Na/c1-3-35-27(29)25(37(31,32)23-11-7-5-8-12-23)19-21-15-17-22(18-16-21)20-26(28(30)36-4-2)38(33,34)24-13-9-6-10-14-24;1-2-20-17(18)16(13-14-9-5-3-6-10-14)21(19)15-11-7-4-8-12-15;16-12-15(11-13-7-3-1-4-8-13)18(17)14-9-5-2-6-10-14;1-8(10(11)12-2)9-6-4-3-5-7-9;2*1-7(9(10)11)8-5-3-2-4-6-8;/h5-20H,3-4H2,1-2H3;3-13H,2H2,1H3;1-11H;3-7H,1H2,2H3;2*2-6H,1H2,(H,10,11);/q;;;;;;+1/p-1/b25-19+,26-20+;16-13+;15-11+;;;;. The first-order valence-corrected chi connectivity index (χ1v) is 38.9. The fourth-order valence-electron chi connectivity index (χ4n) is 9.00. The van der Waals surface area contributed by atoms with Crippen LogP contribution in [0.1, 0.15) is 59.7 Å². The predicted octanol–water partition coefficient (Wildman–Crippen LogP) is 12.3. The Morgan fingerprint density at radius 1 is 0.402 bits per heavy atom. The van der Waals surface area contributed by atoms with Crippen LogP contribution in [-0.4, -0.2) is 93.1 Å². The van der Waals surface area contributed by atoms with Crippen molar-refractivity contribution < 1.29 is 113 Å². The van der Waals surface area contributed by atoms with Crippen molar-refractivity contribution in [2.45, 2.75) is 40.4 Å². The molecule has 19 nitrogen and oxygen atoms in total. The number of hydrogen-bond donors (Lipinski definition) is 1. The van der Waals surface area contributed by atoms with E-state index in [1.807, 2.05) is 133 Å². The van der Waals surface area contributed by atoms with Crippen LogP contribution in [0.4, 0.5) is 0 Å². The number of sulfone groups is 2. The summed E-state index contributed by atoms with van der Waals surface area (Å²) in [5.41, 5.74) is 4.94. The van der Waals surface area contributed by atoms with Crippen molar-refractivity contribution in [1.29, 1.82) is 5.26 Å². The predicted molar refractivity (Wildman–Crippen MR) is 431 cm³/mol. The zero-order valence-corrected chi connectivity index (χ0v) is 67.1. The molecule has 1 N–H and O–H groups in total. The molecule has 0 fully saturated rings. The van der Waals surface area contributed by atoms with Gasteiger partial charge in [-0.05, 0) is 138 Å². The molecule has 0 radical (unpaired) electrons. The van der Waals surface area contributed by atoms with Crippen LogP contribution >= 0.6 is 0 Å². The number of ether oxygens (including phenoxy) is 4. The molecule has 10 aromatic rings. The number of methoxy groups -OCH3 is 1. The van der Waals surface area contributed by atoms with E-state index in [-0.39, 0.29) is 86.1 Å². The Labute approximate surface area is 679 Å². The third kappa shape index (κ3) is 30.0. The number of benzene rings is 10. The van der Waals surface area contributed by atoms with E-state index in [9.17, 15) is 59.1 Å². The number of aliphatic carboxylic acids is 2. The molecule has 0 aliphatic heterocycles. The number of rotatable bonds is 24. The van der Waals surface area contributed by atoms with Crippen LogP contribution in [0.5, 0.6) is 0 Å². The number of esters is 4. The number of nitriles is 1. The molecule has 10 aromatic carbocycles. The minimum Gasteiger partial charge on any atom is -0.545 e. The van der Waals surface area contributed by atoms with Crippen LogP contribution in [0, 0.1) is 11.3 Å². The molecule has 0 saturated carbocycles. The maximum Gasteiger partial charge on any atom is 1.00 e. The molecule has 0 heterocycles. The fourth-order valence-corrected chi connectivity index (χ4v) is 13.8. The normalized spacial score (nSPS) is 11.5. The summed E-state index contributed by atoms with van der Waals surface area (Å²) >= 11 is 0. The Morgan fingerprint density at radius 2 is 0.688 bits per heavy atom. The van der Waals surface area contributed by atoms with Crippen molar-refractivity contribution in [2.75, 3.05) is 26.9 Å². The molecule has 0 amide bonds. The second-order valence-electron chi connectivity index (χ2n) is 22.2. The van der Waals surface area contributed by atoms with Crippen LogP contribution < -0.4 is 34.7 Å². The van der Waals surface area contributed by atoms with E-state index in [2.05, 4.69) is 24.5 Å². The second-order valence-corrected chi connectivity index (χ2v) is 28.9. The minimum absolute atomic E-state index is 0. The van der Waals surface area contributed by atoms with Crippen LogP contribution in [0.25, 0.3) is 41.0 Å². The molecule has 0 aromatic heterocycles. The number of allylic oxidation sites excluding steroid dienone is 1. The molecule has 568 valence electrons. The molecule has 10 rings (SSSR count). The van der Waals surface area contributed by atoms with Gasteiger partial charge in [0.15, 0.2) is 9.81 Å². The van der Waals surface area contributed by atoms with Crippen molar-refractivity contribution in [3.8, 4) is 6.07 Å². The van der Waals surface area contributed by atoms with E-state index in [4.69, 9.17) is 24.6 Å². The third-order valence-electron chi connectivity index (χ3n) is 14.6. The van der Waals surface area contributed by atoms with Gasteiger partial charge in [0.05, 0.1) is 75.4 Å². The van der Waals surface area contributed by atoms with Crippen LogP contribution in [-0.2, 0) is 89.0 Å². The summed E-state index contributed by atoms with van der Waals surface area (Å²) in [6.45, 7) is 15.5. The number of hydrogen-bond acceptors (Lipinski definition) is 18. The molecular weight excluding hydrogens is 1510 g/mol. The molecule has 24 heteroatoms. The quantitative estimate of drug-likeness (QED) is 0.0193. The van der Waals surface area contributed by atoms with E-state index in [1.54, 1.807) is 154 Å². The minimum atomic E-state index is -4.18. The van der Waals surface area contributed by atoms with Crippen LogP contribution in [0.2, 0.25) is 0 Å². The Hall–Kier alpha value is -12.1. The zero-order chi connectivity index (χ0) is 81.1. The van der Waals surface area contributed by atoms with Crippen molar-refractivity contribution in [1.82, 2.24) is 0 Å². The van der Waals surface area contributed by atoms with Gasteiger partial charge in [0.1, 0.15) is 15.9 Å². The van der Waals surface area contributed by atoms with Gasteiger partial charge in [0.2, 0.25) is 19.7 Å². The van der Waals surface area contributed by atoms with E-state index >= 15 is 0 Å². The summed E-state index contributed by atoms with van der Waals surface area (Å²) in [5, 5.41) is 27.9. The number of nitrogens with zero attached hydrogens (tertiary/aromatic N) is 1. The first-order chi connectivity index (χ1) is 53.3. The van der Waals surface area contributed by atoms with Gasteiger partial charge >= 0.3 is 59.4 Å². The van der Waals surface area contributed by atoms with E-state index in [0.29, 0.717) is 37.6 Å². The van der Waals surface area contributed by atoms with Gasteiger partial charge in [-0.1, -0.05) is 268 Å². The van der Waals surface area contributed by atoms with Gasteiger partial charge in [-0.25, -0.2) is 49.2 Å². The Morgan fingerprint density at radius 3 is 1.01 bits per heavy atom. The summed E-state index contributed by atoms with van der Waals surface area (Å²) < 4.78 is 96.9. The maximum atomic E-state index is 13.2. The zero-order valence-electron chi connectivity index (χ0n) is 61.8. The second kappa shape index (κ2) is 49.1. The van der Waals surface area contributed by atoms with Gasteiger partial charge in [-0.15, -0.1) is 0 Å². The molecule has 0 saturated heterocycles. The Bertz CT molecular complexity index is 5060. The topological polar surface area (TPSA) is 309 Å². The third-order valence-corrected chi connectivity index (χ3v) is 20.8. The summed E-state index contributed by atoms with van der Waals surface area (Å²) in [5.74, 6) is -5.14. The molecular formula is C88H78NNaO18S4. The van der Waals surface area contributed by atoms with Gasteiger partial charge in [0, 0.05) is 9.79 Å². The summed E-state index contributed by atoms with van der Waals surface area (Å²) in [6.07, 6.45) is 5.63. The first kappa shape index (κ1) is 92.3. The fraction of sp³-hybridized carbons (Fsp3) is 0.0795. The summed E-state index contributed by atoms with van der Waals surface area (Å²) in [4.78, 5) is 69.3. The monoisotopic (exact) mass is 1590 g/mol. The number of carbonyl (C=O) groups is 6. The van der Waals surface area contributed by atoms with Gasteiger partial charge in [-0.2, -0.15) is 5.26 Å². The number of carboxylic acid groups (broad SMARTS) is 2. The van der Waals surface area contributed by atoms with Crippen LogP contribution in [0.3, 0.4) is 0 Å². The van der Waals surface area contributed by atoms with Gasteiger partial charge in [-0.3, -0.25) is 0 Å². The molecule has 2 atom stereocenters. The van der Waals surface area contributed by atoms with Gasteiger partial charge in [0.25, 0.3) is 0 Å². The molecule has 112 heavy (non-hydrogen) atoms. The van der Waals surface area contributed by atoms with Crippen molar-refractivity contribution in [2.24, 2.45) is 0 Å². The Balaban J connectivity index is 0.000000304. The summed E-state index contributed by atoms with van der Waals surface area (Å²) in [6, 6.07) is 86.3. The molecule has 0 aliphatic rings. The smallest absolute Gasteiger partial charge is 0.545 e. The Kier molecular flexibility index (Phi) is 40.5. The molecule has 2 unspecified atom stereocenters. The average molecular weight is 1590 g/mol.